The predicted molar refractivity (Wildman–Crippen MR) is 141 cm³/mol. The average molecular weight is 585 g/mol. The van der Waals surface area contributed by atoms with Crippen LogP contribution >= 0.6 is 11.8 Å². The van der Waals surface area contributed by atoms with Crippen LogP contribution in [0.1, 0.15) is 52.7 Å². The Morgan fingerprint density at radius 2 is 1.57 bits per heavy atom. The highest BCUT2D eigenvalue weighted by molar-refractivity contribution is 7.98. The molecular formula is C26H28F4N4O5S. The Balaban J connectivity index is 2.31. The van der Waals surface area contributed by atoms with Gasteiger partial charge >= 0.3 is 18.4 Å². The number of fused-ring (bicyclic) bond motifs is 1. The summed E-state index contributed by atoms with van der Waals surface area (Å²) >= 11 is 1.09. The predicted octanol–water partition coefficient (Wildman–Crippen LogP) is 6.40. The maximum absolute atomic E-state index is 13.7. The first-order chi connectivity index (χ1) is 18.3. The van der Waals surface area contributed by atoms with E-state index < -0.39 is 58.6 Å². The second-order valence-electron chi connectivity index (χ2n) is 10.6. The molecule has 3 aromatic rings. The SMILES string of the molecule is CSc1ncc2c(N(C(=O)OC(C)(C)C)C(=O)OC(C)(C)C)cc(=O)n(Cc3ccc(F)cc3C(F)(F)F)c2n1. The van der Waals surface area contributed by atoms with Gasteiger partial charge < -0.3 is 9.47 Å². The van der Waals surface area contributed by atoms with Gasteiger partial charge in [-0.15, -0.1) is 0 Å². The Hall–Kier alpha value is -3.68. The standard InChI is InChI=1S/C26H28F4N4O5S/c1-24(2,3)38-22(36)34(23(37)39-25(4,5)6)18-11-19(35)33(20-16(18)12-31-21(32-20)40-7)13-14-8-9-15(27)10-17(14)26(28,29)30/h8-12H,13H2,1-7H3. The number of halogens is 4. The number of aromatic nitrogens is 3. The molecule has 0 aliphatic heterocycles. The number of ether oxygens (including phenoxy) is 2. The lowest BCUT2D eigenvalue weighted by Gasteiger charge is -2.29. The van der Waals surface area contributed by atoms with Crippen molar-refractivity contribution in [3.8, 4) is 0 Å². The number of carbonyl (C=O) groups excluding carboxylic acids is 2. The molecule has 216 valence electrons. The van der Waals surface area contributed by atoms with Crippen molar-refractivity contribution in [3.63, 3.8) is 0 Å². The highest BCUT2D eigenvalue weighted by Crippen LogP contribution is 2.34. The number of alkyl halides is 3. The van der Waals surface area contributed by atoms with Gasteiger partial charge in [0.05, 0.1) is 23.2 Å². The minimum atomic E-state index is -4.90. The molecule has 0 fully saturated rings. The van der Waals surface area contributed by atoms with E-state index in [1.54, 1.807) is 47.8 Å². The first-order valence-electron chi connectivity index (χ1n) is 11.9. The lowest BCUT2D eigenvalue weighted by Crippen LogP contribution is -2.44. The summed E-state index contributed by atoms with van der Waals surface area (Å²) in [5, 5.41) is 0.138. The van der Waals surface area contributed by atoms with Gasteiger partial charge in [-0.3, -0.25) is 9.36 Å². The van der Waals surface area contributed by atoms with Crippen LogP contribution in [0, 0.1) is 5.82 Å². The van der Waals surface area contributed by atoms with Gasteiger partial charge in [-0.05, 0) is 65.5 Å². The molecule has 0 N–H and O–H groups in total. The fraction of sp³-hybridized carbons (Fsp3) is 0.423. The lowest BCUT2D eigenvalue weighted by molar-refractivity contribution is -0.138. The van der Waals surface area contributed by atoms with Crippen molar-refractivity contribution in [2.75, 3.05) is 11.2 Å². The van der Waals surface area contributed by atoms with Gasteiger partial charge in [0.15, 0.2) is 5.16 Å². The third kappa shape index (κ3) is 7.29. The molecule has 40 heavy (non-hydrogen) atoms. The Bertz CT molecular complexity index is 1480. The molecule has 9 nitrogen and oxygen atoms in total. The largest absolute Gasteiger partial charge is 0.443 e. The fourth-order valence-corrected chi connectivity index (χ4v) is 3.90. The van der Waals surface area contributed by atoms with Crippen molar-refractivity contribution in [1.82, 2.24) is 14.5 Å². The van der Waals surface area contributed by atoms with Crippen molar-refractivity contribution in [3.05, 3.63) is 57.8 Å². The minimum Gasteiger partial charge on any atom is -0.443 e. The van der Waals surface area contributed by atoms with Crippen molar-refractivity contribution >= 4 is 40.7 Å². The molecule has 0 spiro atoms. The second kappa shape index (κ2) is 11.1. The number of amides is 2. The molecule has 3 rings (SSSR count). The molecular weight excluding hydrogens is 556 g/mol. The second-order valence-corrected chi connectivity index (χ2v) is 11.4. The number of nitrogens with zero attached hydrogens (tertiary/aromatic N) is 4. The van der Waals surface area contributed by atoms with Crippen LogP contribution in [-0.2, 0) is 22.2 Å². The normalized spacial score (nSPS) is 12.4. The maximum Gasteiger partial charge on any atom is 0.424 e. The van der Waals surface area contributed by atoms with Crippen LogP contribution in [0.25, 0.3) is 11.0 Å². The molecule has 0 saturated carbocycles. The van der Waals surface area contributed by atoms with E-state index in [0.29, 0.717) is 11.0 Å². The summed E-state index contributed by atoms with van der Waals surface area (Å²) in [5.74, 6) is -1.10. The smallest absolute Gasteiger partial charge is 0.424 e. The molecule has 0 saturated heterocycles. The Labute approximate surface area is 231 Å². The molecule has 0 aliphatic carbocycles. The number of rotatable bonds is 4. The van der Waals surface area contributed by atoms with Crippen LogP contribution < -0.4 is 10.5 Å². The number of anilines is 1. The topological polar surface area (TPSA) is 104 Å². The number of carbonyl (C=O) groups is 2. The van der Waals surface area contributed by atoms with Gasteiger partial charge in [0.2, 0.25) is 0 Å². The lowest BCUT2D eigenvalue weighted by atomic mass is 10.1. The molecule has 14 heteroatoms. The summed E-state index contributed by atoms with van der Waals surface area (Å²) < 4.78 is 66.5. The minimum absolute atomic E-state index is 0.0233. The molecule has 0 atom stereocenters. The fourth-order valence-electron chi connectivity index (χ4n) is 3.56. The van der Waals surface area contributed by atoms with Crippen molar-refractivity contribution < 1.29 is 36.6 Å². The third-order valence-electron chi connectivity index (χ3n) is 5.09. The first kappa shape index (κ1) is 30.9. The number of hydrogen-bond acceptors (Lipinski definition) is 8. The number of benzene rings is 1. The van der Waals surface area contributed by atoms with Crippen LogP contribution in [0.3, 0.4) is 0 Å². The molecule has 2 amide bonds. The van der Waals surface area contributed by atoms with E-state index in [2.05, 4.69) is 9.97 Å². The summed E-state index contributed by atoms with van der Waals surface area (Å²) in [5.41, 5.74) is -5.10. The van der Waals surface area contributed by atoms with E-state index in [0.717, 1.165) is 34.5 Å². The molecule has 2 aromatic heterocycles. The van der Waals surface area contributed by atoms with Gasteiger partial charge in [-0.25, -0.2) is 23.9 Å². The van der Waals surface area contributed by atoms with Crippen LogP contribution in [0.15, 0.2) is 40.4 Å². The van der Waals surface area contributed by atoms with E-state index in [9.17, 15) is 31.9 Å². The number of pyridine rings is 1. The third-order valence-corrected chi connectivity index (χ3v) is 5.65. The van der Waals surface area contributed by atoms with Gasteiger partial charge in [0.1, 0.15) is 22.7 Å². The zero-order valence-electron chi connectivity index (χ0n) is 22.8. The van der Waals surface area contributed by atoms with Crippen LogP contribution in [0.5, 0.6) is 0 Å². The highest BCUT2D eigenvalue weighted by Gasteiger charge is 2.36. The first-order valence-corrected chi connectivity index (χ1v) is 13.1. The Morgan fingerprint density at radius 1 is 1.00 bits per heavy atom. The van der Waals surface area contributed by atoms with Gasteiger partial charge in [0, 0.05) is 12.3 Å². The summed E-state index contributed by atoms with van der Waals surface area (Å²) in [7, 11) is 0. The van der Waals surface area contributed by atoms with Crippen LogP contribution in [0.4, 0.5) is 32.8 Å². The molecule has 1 aromatic carbocycles. The van der Waals surface area contributed by atoms with Crippen molar-refractivity contribution in [2.45, 2.75) is 70.6 Å². The highest BCUT2D eigenvalue weighted by atomic mass is 32.2. The maximum atomic E-state index is 13.7. The van der Waals surface area contributed by atoms with Gasteiger partial charge in [0.25, 0.3) is 5.56 Å². The number of thioether (sulfide) groups is 1. The molecule has 0 bridgehead atoms. The molecule has 0 radical (unpaired) electrons. The summed E-state index contributed by atoms with van der Waals surface area (Å²) in [4.78, 5) is 48.8. The molecule has 2 heterocycles. The molecule has 0 unspecified atom stereocenters. The number of hydrogen-bond donors (Lipinski definition) is 0. The monoisotopic (exact) mass is 584 g/mol. The van der Waals surface area contributed by atoms with E-state index in [1.165, 1.54) is 6.20 Å². The average Bonchev–Trinajstić information content (AvgIpc) is 2.79. The zero-order valence-corrected chi connectivity index (χ0v) is 23.7. The Morgan fingerprint density at radius 3 is 2.08 bits per heavy atom. The summed E-state index contributed by atoms with van der Waals surface area (Å²) in [6.07, 6.45) is -4.35. The van der Waals surface area contributed by atoms with E-state index in [1.807, 2.05) is 0 Å². The van der Waals surface area contributed by atoms with Crippen LogP contribution in [0.2, 0.25) is 0 Å². The quantitative estimate of drug-likeness (QED) is 0.197. The van der Waals surface area contributed by atoms with Crippen molar-refractivity contribution in [2.24, 2.45) is 0 Å². The summed E-state index contributed by atoms with van der Waals surface area (Å²) in [6.45, 7) is 8.79. The number of imide groups is 1. The van der Waals surface area contributed by atoms with E-state index in [4.69, 9.17) is 9.47 Å². The van der Waals surface area contributed by atoms with Gasteiger partial charge in [-0.1, -0.05) is 17.8 Å². The summed E-state index contributed by atoms with van der Waals surface area (Å²) in [6, 6.07) is 3.00. The van der Waals surface area contributed by atoms with Gasteiger partial charge in [-0.2, -0.15) is 18.1 Å². The van der Waals surface area contributed by atoms with E-state index >= 15 is 0 Å². The van der Waals surface area contributed by atoms with E-state index in [-0.39, 0.29) is 21.9 Å². The van der Waals surface area contributed by atoms with Crippen molar-refractivity contribution in [1.29, 1.82) is 0 Å². The molecule has 0 aliphatic rings. The van der Waals surface area contributed by atoms with Crippen LogP contribution in [-0.4, -0.2) is 44.2 Å². The Kier molecular flexibility index (Phi) is 8.53. The zero-order chi connectivity index (χ0) is 30.2.